The van der Waals surface area contributed by atoms with E-state index in [-0.39, 0.29) is 62.4 Å². The van der Waals surface area contributed by atoms with E-state index in [1.165, 1.54) is 36.4 Å². The van der Waals surface area contributed by atoms with Crippen molar-refractivity contribution in [3.63, 3.8) is 0 Å². The minimum Gasteiger partial charge on any atom is -1.00 e. The van der Waals surface area contributed by atoms with E-state index in [4.69, 9.17) is 0 Å². The first-order chi connectivity index (χ1) is 13.2. The zero-order chi connectivity index (χ0) is 21.0. The Morgan fingerprint density at radius 1 is 0.806 bits per heavy atom. The molecule has 1 aliphatic rings. The summed E-state index contributed by atoms with van der Waals surface area (Å²) in [5.41, 5.74) is 1.89. The van der Waals surface area contributed by atoms with Gasteiger partial charge in [0.15, 0.2) is 0 Å². The van der Waals surface area contributed by atoms with Crippen molar-refractivity contribution in [1.82, 2.24) is 0 Å². The molecule has 6 radical (unpaired) electrons. The fourth-order valence-electron chi connectivity index (χ4n) is 1.57. The van der Waals surface area contributed by atoms with Gasteiger partial charge in [-0.25, -0.2) is 0 Å². The van der Waals surface area contributed by atoms with Gasteiger partial charge in [0.1, 0.15) is 0 Å². The van der Waals surface area contributed by atoms with Crippen molar-refractivity contribution in [3.05, 3.63) is 117 Å². The number of non-ortho nitro benzene ring substituents is 2. The number of halogens is 5. The fraction of sp³-hybridized carbons (Fsp3) is 0.0526. The second-order valence-electron chi connectivity index (χ2n) is 4.80. The van der Waals surface area contributed by atoms with Gasteiger partial charge in [0.2, 0.25) is 0 Å². The van der Waals surface area contributed by atoms with Gasteiger partial charge < -0.3 is 24.8 Å². The van der Waals surface area contributed by atoms with E-state index in [1.54, 1.807) is 24.3 Å². The fourth-order valence-corrected chi connectivity index (χ4v) is 1.57. The molecule has 0 amide bonds. The van der Waals surface area contributed by atoms with Crippen LogP contribution in [-0.4, -0.2) is 42.2 Å². The summed E-state index contributed by atoms with van der Waals surface area (Å²) in [5, 5.41) is 20.0. The van der Waals surface area contributed by atoms with Crippen LogP contribution in [0, 0.1) is 38.8 Å². The standard InChI is InChI=1S/C7H4F3.2C6H4NO2.Bi.2ClH/c8-7(9,10)6-4-2-1-3-5-6;2*8-7(9)6-4-2-1-3-5-6;;;/h2-5H;2*1-4H;;2*1H/q;;;+2;;/p-2. The maximum Gasteiger partial charge on any atom is 2.00 e. The van der Waals surface area contributed by atoms with E-state index in [0.29, 0.717) is 0 Å². The van der Waals surface area contributed by atoms with Gasteiger partial charge in [-0.3, -0.25) is 20.2 Å². The van der Waals surface area contributed by atoms with Crippen molar-refractivity contribution in [3.8, 4) is 0 Å². The summed E-state index contributed by atoms with van der Waals surface area (Å²) in [6.45, 7) is 0. The first-order valence-electron chi connectivity index (χ1n) is 7.47. The summed E-state index contributed by atoms with van der Waals surface area (Å²) in [6, 6.07) is 17.4. The molecule has 0 bridgehead atoms. The van der Waals surface area contributed by atoms with E-state index in [1.807, 2.05) is 0 Å². The van der Waals surface area contributed by atoms with Gasteiger partial charge in [-0.2, -0.15) is 13.2 Å². The van der Waals surface area contributed by atoms with Crippen molar-refractivity contribution in [2.75, 3.05) is 0 Å². The Balaban J connectivity index is -0.000000362. The second-order valence-corrected chi connectivity index (χ2v) is 4.80. The van der Waals surface area contributed by atoms with Gasteiger partial charge in [0.25, 0.3) is 11.4 Å². The Kier molecular flexibility index (Phi) is 18.8. The van der Waals surface area contributed by atoms with E-state index in [9.17, 15) is 33.4 Å². The molecule has 0 atom stereocenters. The molecule has 2 aromatic carbocycles. The van der Waals surface area contributed by atoms with Crippen LogP contribution in [0.2, 0.25) is 0 Å². The first kappa shape index (κ1) is 33.4. The summed E-state index contributed by atoms with van der Waals surface area (Å²) >= 11 is 0. The molecule has 0 heterocycles. The first-order valence-corrected chi connectivity index (χ1v) is 7.47. The van der Waals surface area contributed by atoms with Gasteiger partial charge >= 0.3 is 32.4 Å². The van der Waals surface area contributed by atoms with Crippen molar-refractivity contribution in [2.45, 2.75) is 6.18 Å². The van der Waals surface area contributed by atoms with Crippen LogP contribution in [0.4, 0.5) is 24.5 Å². The van der Waals surface area contributed by atoms with Crippen LogP contribution in [0.15, 0.2) is 78.1 Å². The predicted molar refractivity (Wildman–Crippen MR) is 101 cm³/mol. The maximum absolute atomic E-state index is 11.8. The zero-order valence-electron chi connectivity index (χ0n) is 15.3. The monoisotopic (exact) mass is 668 g/mol. The predicted octanol–water partition coefficient (Wildman–Crippen LogP) is -1.18. The average molecular weight is 669 g/mol. The SMILES string of the molecule is FC(F)(F)C1=CC=C=C[CH]1.O=[N+]([O-])c1[c]cccc1.O=[N+]([O-])c1[c]cccc1.[Bi+2].[Cl-].[Cl-]. The third kappa shape index (κ3) is 14.4. The van der Waals surface area contributed by atoms with Crippen molar-refractivity contribution in [1.29, 1.82) is 0 Å². The molecule has 0 spiro atoms. The zero-order valence-corrected chi connectivity index (χ0v) is 20.3. The molecular weight excluding hydrogens is 657 g/mol. The Morgan fingerprint density at radius 2 is 1.26 bits per heavy atom. The average Bonchev–Trinajstić information content (AvgIpc) is 2.70. The van der Waals surface area contributed by atoms with Crippen molar-refractivity contribution in [2.24, 2.45) is 0 Å². The number of benzene rings is 2. The Morgan fingerprint density at radius 3 is 1.45 bits per heavy atom. The van der Waals surface area contributed by atoms with Crippen LogP contribution in [0.25, 0.3) is 0 Å². The molecule has 0 aromatic heterocycles. The Labute approximate surface area is 207 Å². The van der Waals surface area contributed by atoms with Crippen molar-refractivity contribution >= 4 is 37.6 Å². The summed E-state index contributed by atoms with van der Waals surface area (Å²) in [5.74, 6) is 0. The molecule has 0 saturated heterocycles. The molecule has 1 aliphatic carbocycles. The van der Waals surface area contributed by atoms with Crippen LogP contribution >= 0.6 is 0 Å². The Bertz CT molecular complexity index is 841. The summed E-state index contributed by atoms with van der Waals surface area (Å²) in [7, 11) is 0. The summed E-state index contributed by atoms with van der Waals surface area (Å²) < 4.78 is 35.3. The third-order valence-electron chi connectivity index (χ3n) is 2.82. The molecule has 0 unspecified atom stereocenters. The number of para-hydroxylation sites is 2. The normalized spacial score (nSPS) is 10.7. The number of hydrogen-bond donors (Lipinski definition) is 0. The van der Waals surface area contributed by atoms with Gasteiger partial charge in [-0.05, 0) is 30.4 Å². The number of nitro groups is 2. The Hall–Kier alpha value is -2.25. The van der Waals surface area contributed by atoms with E-state index < -0.39 is 21.6 Å². The van der Waals surface area contributed by atoms with Gasteiger partial charge in [0.05, 0.1) is 22.0 Å². The number of alkyl halides is 3. The van der Waals surface area contributed by atoms with Crippen LogP contribution in [-0.2, 0) is 0 Å². The molecule has 0 aliphatic heterocycles. The molecule has 31 heavy (non-hydrogen) atoms. The molecule has 3 rings (SSSR count). The van der Waals surface area contributed by atoms with Crippen LogP contribution in [0.3, 0.4) is 0 Å². The molecule has 0 N–H and O–H groups in total. The largest absolute Gasteiger partial charge is 2.00 e. The summed E-state index contributed by atoms with van der Waals surface area (Å²) in [4.78, 5) is 19.0. The van der Waals surface area contributed by atoms with Gasteiger partial charge in [-0.15, -0.1) is 5.73 Å². The van der Waals surface area contributed by atoms with E-state index in [2.05, 4.69) is 17.9 Å². The number of hydrogen-bond acceptors (Lipinski definition) is 4. The number of rotatable bonds is 2. The molecule has 2 aromatic rings. The van der Waals surface area contributed by atoms with E-state index >= 15 is 0 Å². The number of allylic oxidation sites excluding steroid dienone is 3. The third-order valence-corrected chi connectivity index (χ3v) is 2.82. The second kappa shape index (κ2) is 17.4. The van der Waals surface area contributed by atoms with E-state index in [0.717, 1.165) is 12.5 Å². The molecule has 0 fully saturated rings. The van der Waals surface area contributed by atoms with Crippen LogP contribution in [0.1, 0.15) is 0 Å². The minimum absolute atomic E-state index is 0. The molecule has 162 valence electrons. The van der Waals surface area contributed by atoms with Crippen LogP contribution in [0.5, 0.6) is 0 Å². The summed E-state index contributed by atoms with van der Waals surface area (Å²) in [6.07, 6.45) is 0.223. The quantitative estimate of drug-likeness (QED) is 0.175. The molecule has 6 nitrogen and oxygen atoms in total. The minimum atomic E-state index is -4.23. The van der Waals surface area contributed by atoms with Gasteiger partial charge in [0, 0.05) is 24.1 Å². The molecule has 12 heteroatoms. The van der Waals surface area contributed by atoms with Crippen molar-refractivity contribution < 1.29 is 47.8 Å². The maximum atomic E-state index is 11.8. The molecule has 0 saturated carbocycles. The smallest absolute Gasteiger partial charge is 1.00 e. The van der Waals surface area contributed by atoms with Gasteiger partial charge in [-0.1, -0.05) is 24.3 Å². The topological polar surface area (TPSA) is 86.3 Å². The number of nitrogens with zero attached hydrogens (tertiary/aromatic N) is 2. The molecular formula is C19H12BiCl2F3N2O4. The van der Waals surface area contributed by atoms with Crippen LogP contribution < -0.4 is 24.8 Å². The number of nitro benzene ring substituents is 2.